The Labute approximate surface area is 124 Å². The van der Waals surface area contributed by atoms with E-state index in [-0.39, 0.29) is 5.41 Å². The summed E-state index contributed by atoms with van der Waals surface area (Å²) in [5, 5.41) is 15.4. The Morgan fingerprint density at radius 2 is 1.95 bits per heavy atom. The molecule has 0 spiro atoms. The number of hydrogen-bond donors (Lipinski definition) is 2. The van der Waals surface area contributed by atoms with Gasteiger partial charge in [-0.2, -0.15) is 0 Å². The Hall–Kier alpha value is -1.23. The third-order valence-corrected chi connectivity index (χ3v) is 3.92. The molecule has 0 aliphatic carbocycles. The zero-order valence-electron chi connectivity index (χ0n) is 12.3. The predicted octanol–water partition coefficient (Wildman–Crippen LogP) is 3.26. The molecule has 1 unspecified atom stereocenters. The maximum Gasteiger partial charge on any atom is 0.0914 e. The van der Waals surface area contributed by atoms with Crippen molar-refractivity contribution < 1.29 is 5.11 Å². The van der Waals surface area contributed by atoms with Crippen molar-refractivity contribution in [3.63, 3.8) is 0 Å². The molecule has 0 aliphatic heterocycles. The molecule has 1 heterocycles. The maximum absolute atomic E-state index is 10.2. The summed E-state index contributed by atoms with van der Waals surface area (Å²) in [5.74, 6) is 0. The molecule has 0 aliphatic rings. The summed E-state index contributed by atoms with van der Waals surface area (Å²) in [6.45, 7) is 7.79. The minimum atomic E-state index is -0.484. The first-order valence-corrected chi connectivity index (χ1v) is 7.77. The van der Waals surface area contributed by atoms with Gasteiger partial charge in [-0.25, -0.2) is 4.98 Å². The molecule has 108 valence electrons. The van der Waals surface area contributed by atoms with Gasteiger partial charge in [-0.1, -0.05) is 45.0 Å². The number of nitrogens with one attached hydrogen (secondary N) is 1. The summed E-state index contributed by atoms with van der Waals surface area (Å²) >= 11 is 1.59. The highest BCUT2D eigenvalue weighted by molar-refractivity contribution is 7.07. The summed E-state index contributed by atoms with van der Waals surface area (Å²) in [6.07, 6.45) is -0.484. The van der Waals surface area contributed by atoms with Crippen LogP contribution in [0.4, 0.5) is 0 Å². The molecule has 0 saturated heterocycles. The van der Waals surface area contributed by atoms with E-state index in [0.717, 1.165) is 11.3 Å². The molecule has 1 aromatic heterocycles. The SMILES string of the molecule is CC(C)(C)c1ccc(C(O)CNCc2cscn2)cc1. The number of aromatic nitrogens is 1. The summed E-state index contributed by atoms with van der Waals surface area (Å²) in [5.41, 5.74) is 5.21. The first-order valence-electron chi connectivity index (χ1n) is 6.83. The minimum absolute atomic E-state index is 0.145. The van der Waals surface area contributed by atoms with Crippen LogP contribution in [0.5, 0.6) is 0 Å². The molecule has 1 atom stereocenters. The molecule has 0 radical (unpaired) electrons. The smallest absolute Gasteiger partial charge is 0.0914 e. The van der Waals surface area contributed by atoms with Crippen LogP contribution in [0.15, 0.2) is 35.2 Å². The Balaban J connectivity index is 1.87. The van der Waals surface area contributed by atoms with E-state index in [1.165, 1.54) is 5.56 Å². The van der Waals surface area contributed by atoms with Gasteiger partial charge >= 0.3 is 0 Å². The maximum atomic E-state index is 10.2. The van der Waals surface area contributed by atoms with Crippen LogP contribution >= 0.6 is 11.3 Å². The average molecular weight is 290 g/mol. The largest absolute Gasteiger partial charge is 0.387 e. The topological polar surface area (TPSA) is 45.1 Å². The van der Waals surface area contributed by atoms with Crippen LogP contribution in [-0.2, 0) is 12.0 Å². The third kappa shape index (κ3) is 4.13. The van der Waals surface area contributed by atoms with Gasteiger partial charge in [0.25, 0.3) is 0 Å². The van der Waals surface area contributed by atoms with Crippen molar-refractivity contribution in [2.24, 2.45) is 0 Å². The second kappa shape index (κ2) is 6.48. The van der Waals surface area contributed by atoms with Crippen molar-refractivity contribution in [1.82, 2.24) is 10.3 Å². The van der Waals surface area contributed by atoms with E-state index >= 15 is 0 Å². The van der Waals surface area contributed by atoms with E-state index in [4.69, 9.17) is 0 Å². The minimum Gasteiger partial charge on any atom is -0.387 e. The standard InChI is InChI=1S/C16H22N2OS/c1-16(2,3)13-6-4-12(5-7-13)15(19)9-17-8-14-10-20-11-18-14/h4-7,10-11,15,17,19H,8-9H2,1-3H3. The highest BCUT2D eigenvalue weighted by Gasteiger charge is 2.14. The van der Waals surface area contributed by atoms with Crippen LogP contribution in [0.3, 0.4) is 0 Å². The predicted molar refractivity (Wildman–Crippen MR) is 83.9 cm³/mol. The molecule has 20 heavy (non-hydrogen) atoms. The summed E-state index contributed by atoms with van der Waals surface area (Å²) < 4.78 is 0. The molecule has 2 aromatic rings. The fourth-order valence-corrected chi connectivity index (χ4v) is 2.54. The van der Waals surface area contributed by atoms with Gasteiger partial charge in [-0.15, -0.1) is 11.3 Å². The normalized spacial score (nSPS) is 13.4. The molecule has 4 heteroatoms. The number of aliphatic hydroxyl groups is 1. The van der Waals surface area contributed by atoms with Crippen molar-refractivity contribution in [1.29, 1.82) is 0 Å². The molecule has 2 N–H and O–H groups in total. The summed E-state index contributed by atoms with van der Waals surface area (Å²) in [4.78, 5) is 4.20. The van der Waals surface area contributed by atoms with Crippen molar-refractivity contribution in [3.8, 4) is 0 Å². The van der Waals surface area contributed by atoms with E-state index in [9.17, 15) is 5.11 Å². The van der Waals surface area contributed by atoms with E-state index in [2.05, 4.69) is 43.2 Å². The molecular formula is C16H22N2OS. The zero-order chi connectivity index (χ0) is 14.6. The number of hydrogen-bond acceptors (Lipinski definition) is 4. The van der Waals surface area contributed by atoms with Crippen LogP contribution in [0.2, 0.25) is 0 Å². The first-order chi connectivity index (χ1) is 9.47. The van der Waals surface area contributed by atoms with Gasteiger partial charge in [0.05, 0.1) is 17.3 Å². The van der Waals surface area contributed by atoms with E-state index < -0.39 is 6.10 Å². The van der Waals surface area contributed by atoms with E-state index in [1.54, 1.807) is 11.3 Å². The summed E-state index contributed by atoms with van der Waals surface area (Å²) in [6, 6.07) is 8.21. The number of benzene rings is 1. The fraction of sp³-hybridized carbons (Fsp3) is 0.438. The fourth-order valence-electron chi connectivity index (χ4n) is 1.98. The van der Waals surface area contributed by atoms with Gasteiger partial charge in [-0.3, -0.25) is 0 Å². The third-order valence-electron chi connectivity index (χ3n) is 3.29. The number of rotatable bonds is 5. The molecule has 0 fully saturated rings. The summed E-state index contributed by atoms with van der Waals surface area (Å²) in [7, 11) is 0. The lowest BCUT2D eigenvalue weighted by Crippen LogP contribution is -2.21. The van der Waals surface area contributed by atoms with Gasteiger partial charge in [0.1, 0.15) is 0 Å². The second-order valence-corrected chi connectivity index (χ2v) is 6.72. The lowest BCUT2D eigenvalue weighted by Gasteiger charge is -2.20. The highest BCUT2D eigenvalue weighted by atomic mass is 32.1. The van der Waals surface area contributed by atoms with E-state index in [0.29, 0.717) is 13.1 Å². The van der Waals surface area contributed by atoms with Crippen LogP contribution in [-0.4, -0.2) is 16.6 Å². The van der Waals surface area contributed by atoms with Crippen LogP contribution in [0, 0.1) is 0 Å². The number of nitrogens with zero attached hydrogens (tertiary/aromatic N) is 1. The highest BCUT2D eigenvalue weighted by Crippen LogP contribution is 2.23. The Kier molecular flexibility index (Phi) is 4.91. The molecule has 0 saturated carbocycles. The monoisotopic (exact) mass is 290 g/mol. The van der Waals surface area contributed by atoms with Gasteiger partial charge in [0, 0.05) is 18.5 Å². The molecule has 0 amide bonds. The molecule has 0 bridgehead atoms. The van der Waals surface area contributed by atoms with Gasteiger partial charge in [-0.05, 0) is 16.5 Å². The number of thiazole rings is 1. The van der Waals surface area contributed by atoms with Gasteiger partial charge in [0.2, 0.25) is 0 Å². The lowest BCUT2D eigenvalue weighted by atomic mass is 9.86. The first kappa shape index (κ1) is 15.2. The van der Waals surface area contributed by atoms with Crippen molar-refractivity contribution in [2.45, 2.75) is 38.8 Å². The van der Waals surface area contributed by atoms with Gasteiger partial charge < -0.3 is 10.4 Å². The van der Waals surface area contributed by atoms with Crippen LogP contribution < -0.4 is 5.32 Å². The van der Waals surface area contributed by atoms with Crippen LogP contribution in [0.1, 0.15) is 43.7 Å². The van der Waals surface area contributed by atoms with Crippen molar-refractivity contribution in [2.75, 3.05) is 6.54 Å². The Bertz CT molecular complexity index is 514. The van der Waals surface area contributed by atoms with E-state index in [1.807, 2.05) is 23.0 Å². The van der Waals surface area contributed by atoms with Crippen molar-refractivity contribution in [3.05, 3.63) is 52.0 Å². The van der Waals surface area contributed by atoms with Gasteiger partial charge in [0.15, 0.2) is 0 Å². The molecule has 1 aromatic carbocycles. The Morgan fingerprint density at radius 3 is 2.50 bits per heavy atom. The number of aliphatic hydroxyl groups excluding tert-OH is 1. The van der Waals surface area contributed by atoms with Crippen LogP contribution in [0.25, 0.3) is 0 Å². The zero-order valence-corrected chi connectivity index (χ0v) is 13.1. The Morgan fingerprint density at radius 1 is 1.25 bits per heavy atom. The quantitative estimate of drug-likeness (QED) is 0.888. The second-order valence-electron chi connectivity index (χ2n) is 6.00. The molecular weight excluding hydrogens is 268 g/mol. The average Bonchev–Trinajstić information content (AvgIpc) is 2.91. The van der Waals surface area contributed by atoms with Crippen molar-refractivity contribution >= 4 is 11.3 Å². The molecule has 3 nitrogen and oxygen atoms in total. The molecule has 2 rings (SSSR count). The lowest BCUT2D eigenvalue weighted by molar-refractivity contribution is 0.174.